The van der Waals surface area contributed by atoms with Gasteiger partial charge < -0.3 is 9.84 Å². The molecule has 24 heavy (non-hydrogen) atoms. The van der Waals surface area contributed by atoms with E-state index < -0.39 is 35.0 Å². The Morgan fingerprint density at radius 2 is 1.83 bits per heavy atom. The summed E-state index contributed by atoms with van der Waals surface area (Å²) in [5, 5.41) is 12.0. The van der Waals surface area contributed by atoms with Gasteiger partial charge in [0.05, 0.1) is 26.0 Å². The Labute approximate surface area is 146 Å². The predicted octanol–water partition coefficient (Wildman–Crippen LogP) is 1.54. The van der Waals surface area contributed by atoms with Crippen molar-refractivity contribution < 1.29 is 18.3 Å². The van der Waals surface area contributed by atoms with E-state index in [4.69, 9.17) is 4.74 Å². The summed E-state index contributed by atoms with van der Waals surface area (Å²) in [6.07, 6.45) is 0.366. The van der Waals surface area contributed by atoms with Gasteiger partial charge in [-0.15, -0.1) is 0 Å². The van der Waals surface area contributed by atoms with Crippen LogP contribution in [-0.4, -0.2) is 46.1 Å². The highest BCUT2D eigenvalue weighted by atomic mass is 32.2. The fourth-order valence-corrected chi connectivity index (χ4v) is 4.91. The summed E-state index contributed by atoms with van der Waals surface area (Å²) in [4.78, 5) is 0. The third-order valence-electron chi connectivity index (χ3n) is 4.67. The SMILES string of the molecule is CC(C)S(=O)(=O)N[C@H]1COCC[C@]1(O)c1ccc([Si](C)(C)C)cc1. The first-order valence-electron chi connectivity index (χ1n) is 8.39. The zero-order valence-corrected chi connectivity index (χ0v) is 17.0. The molecule has 0 spiro atoms. The summed E-state index contributed by atoms with van der Waals surface area (Å²) >= 11 is 0. The minimum absolute atomic E-state index is 0.165. The van der Waals surface area contributed by atoms with Crippen molar-refractivity contribution in [2.24, 2.45) is 0 Å². The Bertz CT molecular complexity index is 667. The second-order valence-corrected chi connectivity index (χ2v) is 15.2. The smallest absolute Gasteiger partial charge is 0.214 e. The van der Waals surface area contributed by atoms with Crippen LogP contribution in [-0.2, 0) is 20.4 Å². The minimum Gasteiger partial charge on any atom is -0.383 e. The van der Waals surface area contributed by atoms with E-state index in [0.717, 1.165) is 5.56 Å². The lowest BCUT2D eigenvalue weighted by Crippen LogP contribution is -2.57. The van der Waals surface area contributed by atoms with Gasteiger partial charge in [-0.1, -0.05) is 49.1 Å². The normalized spacial score (nSPS) is 25.9. The summed E-state index contributed by atoms with van der Waals surface area (Å²) in [6, 6.07) is 7.29. The van der Waals surface area contributed by atoms with Crippen molar-refractivity contribution in [3.8, 4) is 0 Å². The Morgan fingerprint density at radius 1 is 1.25 bits per heavy atom. The van der Waals surface area contributed by atoms with Crippen LogP contribution in [0.2, 0.25) is 19.6 Å². The molecular weight excluding hydrogens is 342 g/mol. The van der Waals surface area contributed by atoms with Crippen molar-refractivity contribution in [2.45, 2.75) is 56.8 Å². The number of nitrogens with one attached hydrogen (secondary N) is 1. The van der Waals surface area contributed by atoms with Gasteiger partial charge in [0.1, 0.15) is 5.60 Å². The molecule has 1 aliphatic heterocycles. The molecule has 0 radical (unpaired) electrons. The largest absolute Gasteiger partial charge is 0.383 e. The summed E-state index contributed by atoms with van der Waals surface area (Å²) in [5.41, 5.74) is -0.512. The van der Waals surface area contributed by atoms with Crippen molar-refractivity contribution in [2.75, 3.05) is 13.2 Å². The number of hydrogen-bond donors (Lipinski definition) is 2. The lowest BCUT2D eigenvalue weighted by Gasteiger charge is -2.40. The monoisotopic (exact) mass is 371 g/mol. The van der Waals surface area contributed by atoms with E-state index in [9.17, 15) is 13.5 Å². The van der Waals surface area contributed by atoms with Crippen molar-refractivity contribution in [1.29, 1.82) is 0 Å². The van der Waals surface area contributed by atoms with Crippen molar-refractivity contribution >= 4 is 23.3 Å². The fourth-order valence-electron chi connectivity index (χ4n) is 2.81. The van der Waals surface area contributed by atoms with Crippen molar-refractivity contribution in [1.82, 2.24) is 4.72 Å². The molecule has 0 aliphatic carbocycles. The molecule has 0 amide bonds. The first kappa shape index (κ1) is 19.6. The van der Waals surface area contributed by atoms with Crippen LogP contribution in [0, 0.1) is 0 Å². The Balaban J connectivity index is 2.33. The van der Waals surface area contributed by atoms with E-state index in [0.29, 0.717) is 13.0 Å². The van der Waals surface area contributed by atoms with Gasteiger partial charge in [0.25, 0.3) is 0 Å². The van der Waals surface area contributed by atoms with Crippen LogP contribution < -0.4 is 9.91 Å². The lowest BCUT2D eigenvalue weighted by molar-refractivity contribution is -0.0898. The number of benzene rings is 1. The van der Waals surface area contributed by atoms with Gasteiger partial charge in [-0.25, -0.2) is 13.1 Å². The summed E-state index contributed by atoms with van der Waals surface area (Å²) < 4.78 is 32.5. The molecule has 2 N–H and O–H groups in total. The molecule has 1 saturated heterocycles. The number of sulfonamides is 1. The Hall–Kier alpha value is -0.733. The zero-order valence-electron chi connectivity index (χ0n) is 15.2. The first-order chi connectivity index (χ1) is 11.0. The van der Waals surface area contributed by atoms with Gasteiger partial charge >= 0.3 is 0 Å². The molecule has 2 rings (SSSR count). The van der Waals surface area contributed by atoms with Crippen LogP contribution >= 0.6 is 0 Å². The van der Waals surface area contributed by atoms with E-state index in [2.05, 4.69) is 36.5 Å². The van der Waals surface area contributed by atoms with Crippen LogP contribution in [0.25, 0.3) is 0 Å². The van der Waals surface area contributed by atoms with E-state index in [1.807, 2.05) is 12.1 Å². The van der Waals surface area contributed by atoms with Gasteiger partial charge in [-0.05, 0) is 19.4 Å². The zero-order chi connectivity index (χ0) is 18.2. The van der Waals surface area contributed by atoms with Crippen molar-refractivity contribution in [3.05, 3.63) is 29.8 Å². The van der Waals surface area contributed by atoms with Gasteiger partial charge in [0.15, 0.2) is 0 Å². The van der Waals surface area contributed by atoms with E-state index in [1.54, 1.807) is 13.8 Å². The Kier molecular flexibility index (Phi) is 5.61. The molecule has 7 heteroatoms. The number of hydrogen-bond acceptors (Lipinski definition) is 4. The highest BCUT2D eigenvalue weighted by Crippen LogP contribution is 2.32. The van der Waals surface area contributed by atoms with Crippen LogP contribution in [0.3, 0.4) is 0 Å². The average Bonchev–Trinajstić information content (AvgIpc) is 2.48. The molecule has 1 aliphatic rings. The topological polar surface area (TPSA) is 75.6 Å². The van der Waals surface area contributed by atoms with E-state index in [1.165, 1.54) is 5.19 Å². The maximum Gasteiger partial charge on any atom is 0.214 e. The van der Waals surface area contributed by atoms with Gasteiger partial charge in [0.2, 0.25) is 10.0 Å². The maximum atomic E-state index is 12.2. The highest BCUT2D eigenvalue weighted by molar-refractivity contribution is 7.90. The lowest BCUT2D eigenvalue weighted by atomic mass is 9.83. The molecule has 1 heterocycles. The molecule has 0 unspecified atom stereocenters. The van der Waals surface area contributed by atoms with E-state index in [-0.39, 0.29) is 6.61 Å². The molecular formula is C17H29NO4SSi. The molecule has 1 aromatic rings. The number of rotatable bonds is 5. The molecule has 0 aromatic heterocycles. The first-order valence-corrected chi connectivity index (χ1v) is 13.4. The maximum absolute atomic E-state index is 12.2. The van der Waals surface area contributed by atoms with Gasteiger partial charge in [-0.3, -0.25) is 0 Å². The second-order valence-electron chi connectivity index (χ2n) is 7.84. The van der Waals surface area contributed by atoms with Crippen LogP contribution in [0.5, 0.6) is 0 Å². The second kappa shape index (κ2) is 6.88. The number of ether oxygens (including phenoxy) is 1. The van der Waals surface area contributed by atoms with Crippen molar-refractivity contribution in [3.63, 3.8) is 0 Å². The third kappa shape index (κ3) is 4.08. The quantitative estimate of drug-likeness (QED) is 0.770. The van der Waals surface area contributed by atoms with E-state index >= 15 is 0 Å². The van der Waals surface area contributed by atoms with Crippen LogP contribution in [0.1, 0.15) is 25.8 Å². The molecule has 0 saturated carbocycles. The van der Waals surface area contributed by atoms with Gasteiger partial charge in [-0.2, -0.15) is 0 Å². The molecule has 1 fully saturated rings. The minimum atomic E-state index is -3.49. The Morgan fingerprint density at radius 3 is 2.33 bits per heavy atom. The summed E-state index contributed by atoms with van der Waals surface area (Å²) in [5.74, 6) is 0. The molecule has 2 atom stereocenters. The molecule has 5 nitrogen and oxygen atoms in total. The van der Waals surface area contributed by atoms with Crippen LogP contribution in [0.15, 0.2) is 24.3 Å². The van der Waals surface area contributed by atoms with Crippen LogP contribution in [0.4, 0.5) is 0 Å². The average molecular weight is 372 g/mol. The van der Waals surface area contributed by atoms with Gasteiger partial charge in [0, 0.05) is 13.0 Å². The predicted molar refractivity (Wildman–Crippen MR) is 99.7 cm³/mol. The standard InChI is InChI=1S/C17H29NO4SSi/c1-13(2)23(20,21)18-16-12-22-11-10-17(16,19)14-6-8-15(9-7-14)24(3,4)5/h6-9,13,16,18-19H,10-12H2,1-5H3/t16-,17-/m0/s1. The highest BCUT2D eigenvalue weighted by Gasteiger charge is 2.43. The fraction of sp³-hybridized carbons (Fsp3) is 0.647. The molecule has 0 bridgehead atoms. The third-order valence-corrected chi connectivity index (χ3v) is 8.59. The number of aliphatic hydroxyl groups is 1. The molecule has 1 aromatic carbocycles. The summed E-state index contributed by atoms with van der Waals surface area (Å²) in [7, 11) is -4.91. The molecule has 136 valence electrons. The summed E-state index contributed by atoms with van der Waals surface area (Å²) in [6.45, 7) is 10.6.